The molecule has 0 aliphatic carbocycles. The first kappa shape index (κ1) is 20.7. The molecule has 2 N–H and O–H groups in total. The zero-order chi connectivity index (χ0) is 21.0. The molecule has 0 saturated carbocycles. The first-order valence-electron chi connectivity index (χ1n) is 9.69. The van der Waals surface area contributed by atoms with Crippen LogP contribution < -0.4 is 10.6 Å². The number of hydrogen-bond donors (Lipinski definition) is 2. The van der Waals surface area contributed by atoms with Crippen LogP contribution in [0.25, 0.3) is 10.6 Å². The maximum absolute atomic E-state index is 12.9. The third-order valence-corrected chi connectivity index (χ3v) is 5.91. The number of carbonyl (C=O) groups is 2. The van der Waals surface area contributed by atoms with Crippen LogP contribution >= 0.6 is 11.3 Å². The zero-order valence-electron chi connectivity index (χ0n) is 17.1. The predicted octanol–water partition coefficient (Wildman–Crippen LogP) is 5.59. The molecule has 5 nitrogen and oxygen atoms in total. The SMILES string of the molecule is CCC(=O)Nc1ccc(C)c(NC(=O)c2sc(-c3ccc(CC)cc3)nc2C)c1. The van der Waals surface area contributed by atoms with Crippen molar-refractivity contribution in [3.05, 3.63) is 64.2 Å². The fraction of sp³-hybridized carbons (Fsp3) is 0.261. The average Bonchev–Trinajstić information content (AvgIpc) is 3.12. The van der Waals surface area contributed by atoms with Crippen molar-refractivity contribution in [3.8, 4) is 10.6 Å². The summed E-state index contributed by atoms with van der Waals surface area (Å²) in [5.74, 6) is -0.262. The lowest BCUT2D eigenvalue weighted by atomic mass is 10.1. The summed E-state index contributed by atoms with van der Waals surface area (Å²) in [6, 6.07) is 13.7. The fourth-order valence-corrected chi connectivity index (χ4v) is 3.84. The van der Waals surface area contributed by atoms with Gasteiger partial charge in [-0.1, -0.05) is 44.2 Å². The summed E-state index contributed by atoms with van der Waals surface area (Å²) >= 11 is 1.38. The molecule has 0 aliphatic heterocycles. The molecule has 1 aromatic heterocycles. The molecule has 0 fully saturated rings. The van der Waals surface area contributed by atoms with Crippen LogP contribution in [-0.2, 0) is 11.2 Å². The highest BCUT2D eigenvalue weighted by Crippen LogP contribution is 2.29. The van der Waals surface area contributed by atoms with Crippen molar-refractivity contribution in [3.63, 3.8) is 0 Å². The lowest BCUT2D eigenvalue weighted by Gasteiger charge is -2.11. The summed E-state index contributed by atoms with van der Waals surface area (Å²) < 4.78 is 0. The van der Waals surface area contributed by atoms with E-state index < -0.39 is 0 Å². The largest absolute Gasteiger partial charge is 0.326 e. The number of benzene rings is 2. The number of aromatic nitrogens is 1. The summed E-state index contributed by atoms with van der Waals surface area (Å²) in [6.07, 6.45) is 1.39. The molecule has 1 heterocycles. The fourth-order valence-electron chi connectivity index (χ4n) is 2.88. The van der Waals surface area contributed by atoms with Gasteiger partial charge in [-0.05, 0) is 43.5 Å². The number of thiazole rings is 1. The van der Waals surface area contributed by atoms with Crippen LogP contribution in [0.4, 0.5) is 11.4 Å². The van der Waals surface area contributed by atoms with Crippen LogP contribution in [0.2, 0.25) is 0 Å². The van der Waals surface area contributed by atoms with E-state index in [9.17, 15) is 9.59 Å². The lowest BCUT2D eigenvalue weighted by Crippen LogP contribution is -2.14. The van der Waals surface area contributed by atoms with Crippen molar-refractivity contribution in [2.24, 2.45) is 0 Å². The predicted molar refractivity (Wildman–Crippen MR) is 120 cm³/mol. The Bertz CT molecular complexity index is 1040. The molecule has 29 heavy (non-hydrogen) atoms. The van der Waals surface area contributed by atoms with Crippen LogP contribution in [0.5, 0.6) is 0 Å². The van der Waals surface area contributed by atoms with E-state index in [1.54, 1.807) is 13.0 Å². The normalized spacial score (nSPS) is 10.6. The number of aryl methyl sites for hydroxylation is 3. The molecule has 0 radical (unpaired) electrons. The molecular formula is C23H25N3O2S. The van der Waals surface area contributed by atoms with Crippen molar-refractivity contribution in [2.75, 3.05) is 10.6 Å². The van der Waals surface area contributed by atoms with Crippen molar-refractivity contribution in [1.82, 2.24) is 4.98 Å². The van der Waals surface area contributed by atoms with E-state index in [1.807, 2.05) is 38.1 Å². The molecular weight excluding hydrogens is 382 g/mol. The van der Waals surface area contributed by atoms with E-state index in [-0.39, 0.29) is 11.8 Å². The van der Waals surface area contributed by atoms with Gasteiger partial charge in [0.05, 0.1) is 5.69 Å². The van der Waals surface area contributed by atoms with Crippen LogP contribution in [-0.4, -0.2) is 16.8 Å². The first-order chi connectivity index (χ1) is 13.9. The van der Waals surface area contributed by atoms with E-state index in [0.29, 0.717) is 28.4 Å². The standard InChI is InChI=1S/C23H25N3O2S/c1-5-16-8-10-17(11-9-16)23-24-15(4)21(29-23)22(28)26-19-13-18(12-7-14(19)3)25-20(27)6-2/h7-13H,5-6H2,1-4H3,(H,25,27)(H,26,28). The second-order valence-electron chi connectivity index (χ2n) is 6.87. The number of amides is 2. The van der Waals surface area contributed by atoms with Crippen LogP contribution in [0.15, 0.2) is 42.5 Å². The second-order valence-corrected chi connectivity index (χ2v) is 7.87. The zero-order valence-corrected chi connectivity index (χ0v) is 17.9. The molecule has 3 rings (SSSR count). The van der Waals surface area contributed by atoms with Gasteiger partial charge in [-0.3, -0.25) is 9.59 Å². The Balaban J connectivity index is 1.81. The second kappa shape index (κ2) is 9.01. The minimum Gasteiger partial charge on any atom is -0.326 e. The Kier molecular flexibility index (Phi) is 6.44. The van der Waals surface area contributed by atoms with Gasteiger partial charge in [0.15, 0.2) is 0 Å². The van der Waals surface area contributed by atoms with E-state index >= 15 is 0 Å². The van der Waals surface area contributed by atoms with Gasteiger partial charge in [0.2, 0.25) is 5.91 Å². The number of hydrogen-bond acceptors (Lipinski definition) is 4. The van der Waals surface area contributed by atoms with Gasteiger partial charge >= 0.3 is 0 Å². The molecule has 0 unspecified atom stereocenters. The van der Waals surface area contributed by atoms with Crippen molar-refractivity contribution >= 4 is 34.5 Å². The van der Waals surface area contributed by atoms with Gasteiger partial charge in [-0.2, -0.15) is 0 Å². The number of nitrogens with zero attached hydrogens (tertiary/aromatic N) is 1. The summed E-state index contributed by atoms with van der Waals surface area (Å²) in [5, 5.41) is 6.61. The highest BCUT2D eigenvalue weighted by Gasteiger charge is 2.17. The molecule has 0 aliphatic rings. The van der Waals surface area contributed by atoms with Gasteiger partial charge < -0.3 is 10.6 Å². The van der Waals surface area contributed by atoms with Gasteiger partial charge in [-0.15, -0.1) is 11.3 Å². The molecule has 6 heteroatoms. The van der Waals surface area contributed by atoms with E-state index in [1.165, 1.54) is 16.9 Å². The maximum atomic E-state index is 12.9. The van der Waals surface area contributed by atoms with Crippen LogP contribution in [0.1, 0.15) is 46.8 Å². The first-order valence-corrected chi connectivity index (χ1v) is 10.5. The number of anilines is 2. The van der Waals surface area contributed by atoms with E-state index in [0.717, 1.165) is 22.6 Å². The Morgan fingerprint density at radius 1 is 1.00 bits per heavy atom. The molecule has 0 bridgehead atoms. The third kappa shape index (κ3) is 4.90. The number of nitrogens with one attached hydrogen (secondary N) is 2. The van der Waals surface area contributed by atoms with Crippen molar-refractivity contribution in [1.29, 1.82) is 0 Å². The molecule has 0 atom stereocenters. The third-order valence-electron chi connectivity index (χ3n) is 4.70. The lowest BCUT2D eigenvalue weighted by molar-refractivity contribution is -0.115. The van der Waals surface area contributed by atoms with Gasteiger partial charge in [0, 0.05) is 23.4 Å². The molecule has 0 spiro atoms. The summed E-state index contributed by atoms with van der Waals surface area (Å²) in [7, 11) is 0. The Labute approximate surface area is 175 Å². The van der Waals surface area contributed by atoms with Crippen LogP contribution in [0.3, 0.4) is 0 Å². The average molecular weight is 408 g/mol. The number of rotatable bonds is 6. The van der Waals surface area contributed by atoms with Crippen molar-refractivity contribution in [2.45, 2.75) is 40.5 Å². The van der Waals surface area contributed by atoms with Crippen LogP contribution in [0, 0.1) is 13.8 Å². The monoisotopic (exact) mass is 407 g/mol. The Hall–Kier alpha value is -2.99. The minimum absolute atomic E-state index is 0.0665. The van der Waals surface area contributed by atoms with Crippen molar-refractivity contribution < 1.29 is 9.59 Å². The Morgan fingerprint density at radius 2 is 1.72 bits per heavy atom. The van der Waals surface area contributed by atoms with Gasteiger partial charge in [-0.25, -0.2) is 4.98 Å². The highest BCUT2D eigenvalue weighted by atomic mass is 32.1. The molecule has 2 aromatic carbocycles. The van der Waals surface area contributed by atoms with E-state index in [4.69, 9.17) is 0 Å². The molecule has 2 amide bonds. The number of carbonyl (C=O) groups excluding carboxylic acids is 2. The molecule has 150 valence electrons. The summed E-state index contributed by atoms with van der Waals surface area (Å²) in [6.45, 7) is 7.68. The van der Waals surface area contributed by atoms with Gasteiger partial charge in [0.1, 0.15) is 9.88 Å². The summed E-state index contributed by atoms with van der Waals surface area (Å²) in [4.78, 5) is 29.7. The quantitative estimate of drug-likeness (QED) is 0.559. The highest BCUT2D eigenvalue weighted by molar-refractivity contribution is 7.17. The smallest absolute Gasteiger partial charge is 0.267 e. The minimum atomic E-state index is -0.196. The maximum Gasteiger partial charge on any atom is 0.267 e. The topological polar surface area (TPSA) is 71.1 Å². The summed E-state index contributed by atoms with van der Waals surface area (Å²) in [5.41, 5.74) is 5.24. The molecule has 3 aromatic rings. The van der Waals surface area contributed by atoms with Gasteiger partial charge in [0.25, 0.3) is 5.91 Å². The Morgan fingerprint density at radius 3 is 2.38 bits per heavy atom. The van der Waals surface area contributed by atoms with E-state index in [2.05, 4.69) is 34.7 Å². The molecule has 0 saturated heterocycles.